The molecule has 0 radical (unpaired) electrons. The van der Waals surface area contributed by atoms with Crippen molar-refractivity contribution in [2.75, 3.05) is 6.61 Å². The van der Waals surface area contributed by atoms with E-state index in [1.54, 1.807) is 6.92 Å². The van der Waals surface area contributed by atoms with Crippen LogP contribution in [0, 0.1) is 0 Å². The zero-order chi connectivity index (χ0) is 15.2. The smallest absolute Gasteiger partial charge is 0.349 e. The first-order valence-electron chi connectivity index (χ1n) is 6.37. The van der Waals surface area contributed by atoms with Gasteiger partial charge in [0.25, 0.3) is 5.91 Å². The van der Waals surface area contributed by atoms with Crippen LogP contribution in [0.15, 0.2) is 46.9 Å². The highest BCUT2D eigenvalue weighted by Crippen LogP contribution is 2.14. The molecule has 0 atom stereocenters. The fourth-order valence-corrected chi connectivity index (χ4v) is 1.74. The number of hydrogen-bond acceptors (Lipinski definition) is 6. The van der Waals surface area contributed by atoms with E-state index in [1.807, 2.05) is 30.3 Å². The molecular formula is C14H15N3O4. The van der Waals surface area contributed by atoms with Crippen molar-refractivity contribution in [3.05, 3.63) is 47.4 Å². The van der Waals surface area contributed by atoms with Crippen molar-refractivity contribution in [3.63, 3.8) is 0 Å². The first-order chi connectivity index (χ1) is 10.1. The van der Waals surface area contributed by atoms with Crippen molar-refractivity contribution in [3.8, 4) is 0 Å². The lowest BCUT2D eigenvalue weighted by Crippen LogP contribution is -2.27. The number of hydrogen-bond donors (Lipinski definition) is 2. The maximum Gasteiger partial charge on any atom is 0.349 e. The van der Waals surface area contributed by atoms with Crippen LogP contribution in [0.25, 0.3) is 0 Å². The van der Waals surface area contributed by atoms with Gasteiger partial charge in [-0.15, -0.1) is 5.10 Å². The van der Waals surface area contributed by atoms with Crippen molar-refractivity contribution in [2.45, 2.75) is 13.3 Å². The lowest BCUT2D eigenvalue weighted by atomic mass is 10.1. The van der Waals surface area contributed by atoms with Crippen LogP contribution < -0.4 is 11.2 Å². The van der Waals surface area contributed by atoms with Gasteiger partial charge >= 0.3 is 5.97 Å². The fourth-order valence-electron chi connectivity index (χ4n) is 1.74. The van der Waals surface area contributed by atoms with Crippen molar-refractivity contribution < 1.29 is 19.1 Å². The molecule has 0 saturated carbocycles. The molecule has 7 nitrogen and oxygen atoms in total. The predicted molar refractivity (Wildman–Crippen MR) is 74.7 cm³/mol. The zero-order valence-corrected chi connectivity index (χ0v) is 11.5. The molecule has 1 aromatic carbocycles. The Hall–Kier alpha value is -2.83. The van der Waals surface area contributed by atoms with Crippen LogP contribution in [0.1, 0.15) is 12.5 Å². The van der Waals surface area contributed by atoms with E-state index in [2.05, 4.69) is 10.5 Å². The number of nitrogens with two attached hydrogens (primary N) is 1. The van der Waals surface area contributed by atoms with E-state index < -0.39 is 11.9 Å². The van der Waals surface area contributed by atoms with Crippen LogP contribution in [0.3, 0.4) is 0 Å². The highest BCUT2D eigenvalue weighted by Gasteiger charge is 2.28. The van der Waals surface area contributed by atoms with E-state index >= 15 is 0 Å². The second kappa shape index (κ2) is 6.56. The molecule has 1 aliphatic heterocycles. The Bertz CT molecular complexity index is 608. The summed E-state index contributed by atoms with van der Waals surface area (Å²) in [7, 11) is 0. The van der Waals surface area contributed by atoms with Gasteiger partial charge in [0, 0.05) is 0 Å². The van der Waals surface area contributed by atoms with Gasteiger partial charge in [-0.25, -0.2) is 10.2 Å². The monoisotopic (exact) mass is 289 g/mol. The zero-order valence-electron chi connectivity index (χ0n) is 11.5. The first kappa shape index (κ1) is 14.6. The standard InChI is InChI=1S/C14H15N3O4/c1-2-20-14(19)11(12(15)18)13-17-16-10(21-13)8-9-6-4-3-5-7-9/h3-7,17H,2,8H2,1H3,(H2,15,18). The number of carbonyl (C=O) groups excluding carboxylic acids is 2. The Morgan fingerprint density at radius 2 is 2.05 bits per heavy atom. The number of ether oxygens (including phenoxy) is 2. The van der Waals surface area contributed by atoms with Gasteiger partial charge in [-0.1, -0.05) is 30.3 Å². The highest BCUT2D eigenvalue weighted by molar-refractivity contribution is 6.16. The summed E-state index contributed by atoms with van der Waals surface area (Å²) in [6, 6.07) is 9.50. The van der Waals surface area contributed by atoms with E-state index in [0.29, 0.717) is 12.3 Å². The molecule has 1 aromatic rings. The molecule has 0 unspecified atom stereocenters. The summed E-state index contributed by atoms with van der Waals surface area (Å²) in [6.07, 6.45) is 0.423. The van der Waals surface area contributed by atoms with Crippen LogP contribution in [0.4, 0.5) is 0 Å². The molecule has 0 fully saturated rings. The Kier molecular flexibility index (Phi) is 4.55. The normalized spacial score (nSPS) is 15.6. The molecule has 21 heavy (non-hydrogen) atoms. The minimum absolute atomic E-state index is 0.105. The number of nitrogens with zero attached hydrogens (tertiary/aromatic N) is 1. The molecule has 0 saturated heterocycles. The molecule has 0 aliphatic carbocycles. The summed E-state index contributed by atoms with van der Waals surface area (Å²) in [5.74, 6) is -1.55. The fraction of sp³-hybridized carbons (Fsp3) is 0.214. The van der Waals surface area contributed by atoms with Crippen LogP contribution in [0.2, 0.25) is 0 Å². The van der Waals surface area contributed by atoms with E-state index in [9.17, 15) is 9.59 Å². The molecule has 110 valence electrons. The quantitative estimate of drug-likeness (QED) is 0.354. The van der Waals surface area contributed by atoms with Gasteiger partial charge in [-0.05, 0) is 12.5 Å². The molecule has 3 N–H and O–H groups in total. The van der Waals surface area contributed by atoms with Crippen molar-refractivity contribution >= 4 is 17.8 Å². The predicted octanol–water partition coefficient (Wildman–Crippen LogP) is 0.422. The van der Waals surface area contributed by atoms with Crippen molar-refractivity contribution in [1.29, 1.82) is 0 Å². The van der Waals surface area contributed by atoms with E-state index in [1.165, 1.54) is 0 Å². The van der Waals surface area contributed by atoms with Gasteiger partial charge in [0.05, 0.1) is 13.0 Å². The van der Waals surface area contributed by atoms with Crippen LogP contribution in [0.5, 0.6) is 0 Å². The third kappa shape index (κ3) is 3.59. The number of benzene rings is 1. The number of amides is 1. The SMILES string of the molecule is CCOC(=O)C(C(N)=O)=C1NN=C(Cc2ccccc2)O1. The van der Waals surface area contributed by atoms with E-state index in [4.69, 9.17) is 15.2 Å². The summed E-state index contributed by atoms with van der Waals surface area (Å²) in [6.45, 7) is 1.75. The number of hydrazone groups is 1. The highest BCUT2D eigenvalue weighted by atomic mass is 16.5. The Morgan fingerprint density at radius 3 is 2.67 bits per heavy atom. The van der Waals surface area contributed by atoms with Gasteiger partial charge in [0.2, 0.25) is 11.8 Å². The molecular weight excluding hydrogens is 274 g/mol. The number of esters is 1. The van der Waals surface area contributed by atoms with E-state index in [0.717, 1.165) is 5.56 Å². The lowest BCUT2D eigenvalue weighted by molar-refractivity contribution is -0.140. The number of carbonyl (C=O) groups is 2. The largest absolute Gasteiger partial charge is 0.462 e. The summed E-state index contributed by atoms with van der Waals surface area (Å²) in [4.78, 5) is 23.0. The second-order valence-electron chi connectivity index (χ2n) is 4.17. The third-order valence-electron chi connectivity index (χ3n) is 2.65. The Labute approximate surface area is 121 Å². The average molecular weight is 289 g/mol. The molecule has 1 amide bonds. The summed E-state index contributed by atoms with van der Waals surface area (Å²) in [5, 5.41) is 3.93. The minimum Gasteiger partial charge on any atom is -0.462 e. The third-order valence-corrected chi connectivity index (χ3v) is 2.65. The minimum atomic E-state index is -0.938. The van der Waals surface area contributed by atoms with E-state index in [-0.39, 0.29) is 18.1 Å². The van der Waals surface area contributed by atoms with Gasteiger partial charge in [0.1, 0.15) is 0 Å². The summed E-state index contributed by atoms with van der Waals surface area (Å²) < 4.78 is 10.1. The van der Waals surface area contributed by atoms with Crippen LogP contribution >= 0.6 is 0 Å². The molecule has 7 heteroatoms. The average Bonchev–Trinajstić information content (AvgIpc) is 2.88. The number of nitrogens with one attached hydrogen (secondary N) is 1. The Morgan fingerprint density at radius 1 is 1.33 bits per heavy atom. The summed E-state index contributed by atoms with van der Waals surface area (Å²) >= 11 is 0. The number of rotatable bonds is 5. The van der Waals surface area contributed by atoms with Crippen LogP contribution in [-0.2, 0) is 25.5 Å². The number of primary amides is 1. The molecule has 0 aromatic heterocycles. The van der Waals surface area contributed by atoms with Gasteiger partial charge in [-0.3, -0.25) is 4.79 Å². The Balaban J connectivity index is 2.12. The lowest BCUT2D eigenvalue weighted by Gasteiger charge is -2.07. The van der Waals surface area contributed by atoms with Crippen molar-refractivity contribution in [1.82, 2.24) is 5.43 Å². The molecule has 1 aliphatic rings. The maximum absolute atomic E-state index is 11.7. The maximum atomic E-state index is 11.7. The van der Waals surface area contributed by atoms with Gasteiger partial charge in [0.15, 0.2) is 5.57 Å². The van der Waals surface area contributed by atoms with Crippen molar-refractivity contribution in [2.24, 2.45) is 10.8 Å². The molecule has 2 rings (SSSR count). The molecule has 0 bridgehead atoms. The van der Waals surface area contributed by atoms with Gasteiger partial charge in [-0.2, -0.15) is 0 Å². The molecule has 0 spiro atoms. The first-order valence-corrected chi connectivity index (χ1v) is 6.37. The topological polar surface area (TPSA) is 103 Å². The summed E-state index contributed by atoms with van der Waals surface area (Å²) in [5.41, 5.74) is 8.27. The molecule has 1 heterocycles. The van der Waals surface area contributed by atoms with Crippen LogP contribution in [-0.4, -0.2) is 24.4 Å². The van der Waals surface area contributed by atoms with Gasteiger partial charge < -0.3 is 15.2 Å². The second-order valence-corrected chi connectivity index (χ2v) is 4.17.